The van der Waals surface area contributed by atoms with Gasteiger partial charge in [0.15, 0.2) is 0 Å². The van der Waals surface area contributed by atoms with E-state index in [0.717, 1.165) is 22.6 Å². The summed E-state index contributed by atoms with van der Waals surface area (Å²) in [6, 6.07) is 18.2. The molecule has 0 saturated carbocycles. The van der Waals surface area contributed by atoms with Crippen LogP contribution in [-0.4, -0.2) is 34.0 Å². The van der Waals surface area contributed by atoms with E-state index in [2.05, 4.69) is 61.0 Å². The first kappa shape index (κ1) is 25.9. The van der Waals surface area contributed by atoms with Crippen LogP contribution in [0, 0.1) is 5.82 Å². The Morgan fingerprint density at radius 2 is 1.83 bits per heavy atom. The van der Waals surface area contributed by atoms with E-state index in [1.54, 1.807) is 24.3 Å². The number of benzene rings is 3. The number of hydrogen-bond donors (Lipinski definition) is 1. The van der Waals surface area contributed by atoms with Gasteiger partial charge in [-0.2, -0.15) is 0 Å². The van der Waals surface area contributed by atoms with Gasteiger partial charge in [0, 0.05) is 35.0 Å². The lowest BCUT2D eigenvalue weighted by Gasteiger charge is -2.24. The maximum atomic E-state index is 14.4. The lowest BCUT2D eigenvalue weighted by molar-refractivity contribution is -0.137. The van der Waals surface area contributed by atoms with Crippen LogP contribution < -0.4 is 4.74 Å². The van der Waals surface area contributed by atoms with Gasteiger partial charge in [-0.25, -0.2) is 4.39 Å². The number of amides is 1. The van der Waals surface area contributed by atoms with Crippen LogP contribution in [0.25, 0.3) is 0 Å². The first-order chi connectivity index (χ1) is 17.0. The molecule has 1 N–H and O–H groups in total. The fraction of sp³-hybridized carbons (Fsp3) is 0.310. The second-order valence-electron chi connectivity index (χ2n) is 9.91. The highest BCUT2D eigenvalue weighted by atomic mass is 79.9. The molecule has 0 aromatic heterocycles. The molecule has 1 amide bonds. The van der Waals surface area contributed by atoms with Gasteiger partial charge in [-0.3, -0.25) is 9.59 Å². The highest BCUT2D eigenvalue weighted by Gasteiger charge is 2.35. The van der Waals surface area contributed by atoms with Crippen molar-refractivity contribution < 1.29 is 23.8 Å². The number of carbonyl (C=O) groups is 2. The number of carboxylic acids is 1. The molecule has 7 heteroatoms. The number of fused-ring (bicyclic) bond motifs is 1. The Hall–Kier alpha value is -3.19. The third-order valence-corrected chi connectivity index (χ3v) is 6.94. The summed E-state index contributed by atoms with van der Waals surface area (Å²) in [7, 11) is 0. The lowest BCUT2D eigenvalue weighted by atomic mass is 9.90. The minimum absolute atomic E-state index is 0.151. The minimum atomic E-state index is -1.17. The van der Waals surface area contributed by atoms with Gasteiger partial charge in [-0.05, 0) is 59.9 Å². The van der Waals surface area contributed by atoms with Gasteiger partial charge in [-0.1, -0.05) is 60.1 Å². The van der Waals surface area contributed by atoms with Crippen molar-refractivity contribution in [2.45, 2.75) is 51.7 Å². The summed E-state index contributed by atoms with van der Waals surface area (Å²) < 4.78 is 21.2. The zero-order valence-electron chi connectivity index (χ0n) is 20.6. The zero-order valence-corrected chi connectivity index (χ0v) is 22.1. The van der Waals surface area contributed by atoms with Crippen LogP contribution >= 0.6 is 15.9 Å². The highest BCUT2D eigenvalue weighted by molar-refractivity contribution is 9.10. The zero-order chi connectivity index (χ0) is 26.0. The molecule has 0 spiro atoms. The molecule has 36 heavy (non-hydrogen) atoms. The van der Waals surface area contributed by atoms with E-state index in [9.17, 15) is 19.1 Å². The number of hydrogen-bond acceptors (Lipinski definition) is 3. The summed E-state index contributed by atoms with van der Waals surface area (Å²) >= 11 is 3.21. The molecule has 0 bridgehead atoms. The van der Waals surface area contributed by atoms with Gasteiger partial charge in [0.05, 0.1) is 0 Å². The Morgan fingerprint density at radius 1 is 1.11 bits per heavy atom. The average Bonchev–Trinajstić information content (AvgIpc) is 3.14. The van der Waals surface area contributed by atoms with Crippen molar-refractivity contribution in [3.8, 4) is 5.75 Å². The quantitative estimate of drug-likeness (QED) is 0.351. The number of halogens is 2. The molecule has 0 radical (unpaired) electrons. The van der Waals surface area contributed by atoms with Crippen molar-refractivity contribution >= 4 is 27.8 Å². The van der Waals surface area contributed by atoms with Crippen molar-refractivity contribution in [3.05, 3.63) is 98.8 Å². The fourth-order valence-electron chi connectivity index (χ4n) is 4.61. The number of nitrogens with zero attached hydrogens (tertiary/aromatic N) is 1. The standard InChI is InChI=1S/C29H29BrFNO4/c1-18(2)20-6-4-19(5-7-20)14-29(3)15-23-12-21(9-11-26(23)36-29)28(35)32(17-27(33)34)16-22-8-10-24(30)13-25(22)31/h4-13,18H,14-17H2,1-3H3,(H,33,34)/t29-/m0/s1. The maximum Gasteiger partial charge on any atom is 0.323 e. The number of aliphatic carboxylic acids is 1. The summed E-state index contributed by atoms with van der Waals surface area (Å²) in [5.74, 6) is -0.955. The van der Waals surface area contributed by atoms with E-state index >= 15 is 0 Å². The Labute approximate surface area is 219 Å². The van der Waals surface area contributed by atoms with Gasteiger partial charge in [0.1, 0.15) is 23.7 Å². The maximum absolute atomic E-state index is 14.4. The lowest BCUT2D eigenvalue weighted by Crippen LogP contribution is -2.35. The molecule has 1 heterocycles. The van der Waals surface area contributed by atoms with Gasteiger partial charge in [-0.15, -0.1) is 0 Å². The van der Waals surface area contributed by atoms with Gasteiger partial charge >= 0.3 is 5.97 Å². The predicted octanol–water partition coefficient (Wildman–Crippen LogP) is 6.37. The second-order valence-corrected chi connectivity index (χ2v) is 10.8. The summed E-state index contributed by atoms with van der Waals surface area (Å²) in [6.07, 6.45) is 1.34. The third kappa shape index (κ3) is 5.95. The molecule has 1 atom stereocenters. The largest absolute Gasteiger partial charge is 0.487 e. The SMILES string of the molecule is CC(C)c1ccc(C[C@@]2(C)Cc3cc(C(=O)N(CC(=O)O)Cc4ccc(Br)cc4F)ccc3O2)cc1. The summed E-state index contributed by atoms with van der Waals surface area (Å²) in [5, 5.41) is 9.37. The van der Waals surface area contributed by atoms with Gasteiger partial charge < -0.3 is 14.7 Å². The van der Waals surface area contributed by atoms with Crippen LogP contribution in [0.1, 0.15) is 59.3 Å². The van der Waals surface area contributed by atoms with E-state index in [1.165, 1.54) is 23.3 Å². The van der Waals surface area contributed by atoms with Gasteiger partial charge in [0.25, 0.3) is 5.91 Å². The third-order valence-electron chi connectivity index (χ3n) is 6.44. The number of rotatable bonds is 8. The summed E-state index contributed by atoms with van der Waals surface area (Å²) in [6.45, 7) is 5.70. The molecule has 0 saturated heterocycles. The van der Waals surface area contributed by atoms with Crippen molar-refractivity contribution in [3.63, 3.8) is 0 Å². The second kappa shape index (κ2) is 10.4. The molecule has 188 valence electrons. The van der Waals surface area contributed by atoms with Crippen LogP contribution in [0.3, 0.4) is 0 Å². The monoisotopic (exact) mass is 553 g/mol. The van der Waals surface area contributed by atoms with Crippen LogP contribution in [-0.2, 0) is 24.2 Å². The molecule has 0 fully saturated rings. The first-order valence-electron chi connectivity index (χ1n) is 11.9. The molecular formula is C29H29BrFNO4. The first-order valence-corrected chi connectivity index (χ1v) is 12.7. The Bertz CT molecular complexity index is 1290. The highest BCUT2D eigenvalue weighted by Crippen LogP contribution is 2.38. The molecule has 1 aliphatic heterocycles. The Kier molecular flexibility index (Phi) is 7.50. The van der Waals surface area contributed by atoms with Crippen molar-refractivity contribution in [2.75, 3.05) is 6.54 Å². The van der Waals surface area contributed by atoms with E-state index in [1.807, 2.05) is 0 Å². The average molecular weight is 554 g/mol. The molecule has 3 aromatic rings. The fourth-order valence-corrected chi connectivity index (χ4v) is 4.94. The van der Waals surface area contributed by atoms with Crippen LogP contribution in [0.15, 0.2) is 65.1 Å². The molecule has 3 aromatic carbocycles. The van der Waals surface area contributed by atoms with Crippen molar-refractivity contribution in [2.24, 2.45) is 0 Å². The molecule has 5 nitrogen and oxygen atoms in total. The smallest absolute Gasteiger partial charge is 0.323 e. The number of carbonyl (C=O) groups excluding carboxylic acids is 1. The summed E-state index contributed by atoms with van der Waals surface area (Å²) in [5.41, 5.74) is 3.50. The van der Waals surface area contributed by atoms with Gasteiger partial charge in [0.2, 0.25) is 0 Å². The summed E-state index contributed by atoms with van der Waals surface area (Å²) in [4.78, 5) is 25.9. The van der Waals surface area contributed by atoms with Crippen LogP contribution in [0.5, 0.6) is 5.75 Å². The van der Waals surface area contributed by atoms with Crippen molar-refractivity contribution in [1.82, 2.24) is 4.90 Å². The predicted molar refractivity (Wildman–Crippen MR) is 140 cm³/mol. The molecular weight excluding hydrogens is 525 g/mol. The van der Waals surface area contributed by atoms with Crippen LogP contribution in [0.4, 0.5) is 4.39 Å². The van der Waals surface area contributed by atoms with E-state index in [-0.39, 0.29) is 12.1 Å². The molecule has 0 aliphatic carbocycles. The normalized spacial score (nSPS) is 16.5. The van der Waals surface area contributed by atoms with Crippen molar-refractivity contribution in [1.29, 1.82) is 0 Å². The number of ether oxygens (including phenoxy) is 1. The molecule has 0 unspecified atom stereocenters. The topological polar surface area (TPSA) is 66.8 Å². The number of carboxylic acid groups (broad SMARTS) is 1. The Morgan fingerprint density at radius 3 is 2.47 bits per heavy atom. The van der Waals surface area contributed by atoms with E-state index < -0.39 is 29.8 Å². The molecule has 1 aliphatic rings. The van der Waals surface area contributed by atoms with Crippen LogP contribution in [0.2, 0.25) is 0 Å². The van der Waals surface area contributed by atoms with E-state index in [4.69, 9.17) is 4.74 Å². The Balaban J connectivity index is 1.52. The minimum Gasteiger partial charge on any atom is -0.487 e. The molecule has 4 rings (SSSR count). The van der Waals surface area contributed by atoms with E-state index in [0.29, 0.717) is 22.4 Å².